The van der Waals surface area contributed by atoms with E-state index in [0.29, 0.717) is 0 Å². The number of hydrogen-bond acceptors (Lipinski definition) is 1. The van der Waals surface area contributed by atoms with Crippen molar-refractivity contribution in [1.82, 2.24) is 4.56 Å². The summed E-state index contributed by atoms with van der Waals surface area (Å²) in [7, 11) is 0. The van der Waals surface area contributed by atoms with Gasteiger partial charge in [0.1, 0.15) is 0 Å². The number of fused-ring (bicyclic) bond motifs is 1. The van der Waals surface area contributed by atoms with Crippen LogP contribution >= 0.6 is 16.1 Å². The predicted octanol–water partition coefficient (Wildman–Crippen LogP) is 2.75. The van der Waals surface area contributed by atoms with Crippen molar-refractivity contribution in [2.75, 3.05) is 0 Å². The average molecular weight is 204 g/mol. The first-order valence-corrected chi connectivity index (χ1v) is 3.66. The second-order valence-corrected chi connectivity index (χ2v) is 2.35. The van der Waals surface area contributed by atoms with Crippen molar-refractivity contribution in [1.29, 1.82) is 0 Å². The maximum Gasteiger partial charge on any atom is 0.0426 e. The van der Waals surface area contributed by atoms with Crippen LogP contribution in [0.1, 0.15) is 5.56 Å². The molecule has 3 heteroatoms. The molecule has 0 aromatic carbocycles. The molecule has 1 nitrogen and oxygen atoms in total. The lowest BCUT2D eigenvalue weighted by atomic mass is 10.5. The first kappa shape index (κ1) is 7.69. The summed E-state index contributed by atoms with van der Waals surface area (Å²) in [6.07, 6.45) is 0. The Bertz CT molecular complexity index is 217. The molecule has 0 aliphatic heterocycles. The summed E-state index contributed by atoms with van der Waals surface area (Å²) in [6.45, 7) is 2.16. The monoisotopic (exact) mass is 203 g/mol. The van der Waals surface area contributed by atoms with Crippen LogP contribution in [0.15, 0.2) is 18.2 Å². The normalized spacial score (nSPS) is 9.90. The summed E-state index contributed by atoms with van der Waals surface area (Å²) >= 11 is 2.23. The maximum absolute atomic E-state index is 9.96. The zero-order chi connectivity index (χ0) is 7.56. The van der Waals surface area contributed by atoms with Gasteiger partial charge in [-0.3, -0.25) is 0 Å². The van der Waals surface area contributed by atoms with Gasteiger partial charge in [0.2, 0.25) is 0 Å². The van der Waals surface area contributed by atoms with Crippen LogP contribution in [0.5, 0.6) is 0 Å². The van der Waals surface area contributed by atoms with Gasteiger partial charge in [-0.1, -0.05) is 22.8 Å². The van der Waals surface area contributed by atoms with E-state index in [1.807, 2.05) is 0 Å². The van der Waals surface area contributed by atoms with Crippen molar-refractivity contribution in [2.24, 2.45) is 0 Å². The molecule has 1 N–H and O–H groups in total. The topological polar surface area (TPSA) is 12.0 Å². The number of benzene rings is 1. The first-order valence-electron chi connectivity index (χ1n) is 2.87. The lowest BCUT2D eigenvalue weighted by molar-refractivity contribution is 0.475. The van der Waals surface area contributed by atoms with E-state index >= 15 is 0 Å². The molecule has 10 heavy (non-hydrogen) atoms. The smallest absolute Gasteiger partial charge is 0.0426 e. The minimum absolute atomic E-state index is 1.06. The fourth-order valence-corrected chi connectivity index (χ4v) is 0.991. The Labute approximate surface area is 67.5 Å². The molecule has 0 aromatic heterocycles. The van der Waals surface area contributed by atoms with Crippen LogP contribution in [0.25, 0.3) is 11.1 Å². The van der Waals surface area contributed by atoms with Crippen LogP contribution in [0.2, 0.25) is 0 Å². The first-order chi connectivity index (χ1) is 4.81. The van der Waals surface area contributed by atoms with Gasteiger partial charge in [-0.05, 0) is 23.6 Å². The van der Waals surface area contributed by atoms with Gasteiger partial charge in [0.25, 0.3) is 0 Å². The van der Waals surface area contributed by atoms with Crippen LogP contribution in [0, 0.1) is 6.92 Å². The van der Waals surface area contributed by atoms with Crippen LogP contribution < -0.4 is 4.56 Å². The van der Waals surface area contributed by atoms with Gasteiger partial charge in [0, 0.05) is 16.1 Å². The number of nitrogens with one attached hydrogen (secondary N) is 1. The summed E-state index contributed by atoms with van der Waals surface area (Å²) in [4.78, 5) is 0. The molecule has 0 heterocycles. The number of rotatable bonds is 0. The number of hydrogen-bond donors (Lipinski definition) is 1. The second kappa shape index (κ2) is 3.12. The molecule has 0 saturated carbocycles. The van der Waals surface area contributed by atoms with Crippen molar-refractivity contribution in [3.63, 3.8) is 0 Å². The molecule has 0 fully saturated rings. The highest BCUT2D eigenvalue weighted by Gasteiger charge is 2.17. The van der Waals surface area contributed by atoms with Gasteiger partial charge in [-0.25, -0.2) is 0 Å². The van der Waals surface area contributed by atoms with E-state index in [0.717, 1.165) is 4.56 Å². The van der Waals surface area contributed by atoms with Gasteiger partial charge in [0.05, 0.1) is 0 Å². The molecule has 0 aromatic rings. The van der Waals surface area contributed by atoms with Crippen molar-refractivity contribution in [2.45, 2.75) is 6.92 Å². The van der Waals surface area contributed by atoms with Crippen LogP contribution in [-0.4, -0.2) is 0 Å². The van der Waals surface area contributed by atoms with Gasteiger partial charge >= 0.3 is 0 Å². The molecule has 0 atom stereocenters. The minimum Gasteiger partial charge on any atom is -0.126 e. The van der Waals surface area contributed by atoms with Gasteiger partial charge in [0.15, 0.2) is 0 Å². The lowest BCUT2D eigenvalue weighted by Crippen LogP contribution is -1.61. The Balaban J connectivity index is 0.000000148. The average Bonchev–Trinajstić information content (AvgIpc) is 2.41. The zero-order valence-electron chi connectivity index (χ0n) is 5.49. The maximum atomic E-state index is 9.96. The second-order valence-electron chi connectivity index (χ2n) is 2.05. The Morgan fingerprint density at radius 3 is 2.00 bits per heavy atom. The largest absolute Gasteiger partial charge is 0.126 e. The molecule has 0 bridgehead atoms. The van der Waals surface area contributed by atoms with Gasteiger partial charge in [-0.15, -0.1) is 4.48 Å². The van der Waals surface area contributed by atoms with E-state index in [1.54, 1.807) is 0 Å². The molecule has 0 spiro atoms. The van der Waals surface area contributed by atoms with Crippen molar-refractivity contribution in [3.05, 3.63) is 23.8 Å². The summed E-state index contributed by atoms with van der Waals surface area (Å²) in [5, 5.41) is 0. The number of aryl methyl sites for hydroxylation is 1. The molecular formula is C7H7BrFN. The third kappa shape index (κ3) is 1.36. The quantitative estimate of drug-likeness (QED) is 0.650. The molecular weight excluding hydrogens is 197 g/mol. The van der Waals surface area contributed by atoms with Crippen LogP contribution in [0.4, 0.5) is 4.48 Å². The number of halogens is 2. The fourth-order valence-electron chi connectivity index (χ4n) is 0.991. The Morgan fingerprint density at radius 2 is 1.80 bits per heavy atom. The summed E-state index contributed by atoms with van der Waals surface area (Å²) in [5.41, 5.74) is 4.43. The molecule has 2 rings (SSSR count). The predicted molar refractivity (Wildman–Crippen MR) is 43.3 cm³/mol. The molecule has 0 amide bonds. The van der Waals surface area contributed by atoms with Gasteiger partial charge < -0.3 is 0 Å². The molecule has 2 aliphatic carbocycles. The standard InChI is InChI=1S/C7H6.BrFHN/c1-5-6-3-2-4-7(5)6;1-3-2/h2-4H,1H3;3H. The third-order valence-corrected chi connectivity index (χ3v) is 1.56. The highest BCUT2D eigenvalue weighted by atomic mass is 79.9. The summed E-state index contributed by atoms with van der Waals surface area (Å²) in [6, 6.07) is 6.41. The van der Waals surface area contributed by atoms with Gasteiger partial charge in [-0.2, -0.15) is 0 Å². The van der Waals surface area contributed by atoms with E-state index < -0.39 is 0 Å². The van der Waals surface area contributed by atoms with E-state index in [2.05, 4.69) is 41.3 Å². The summed E-state index contributed by atoms with van der Waals surface area (Å²) in [5.74, 6) is 0. The molecule has 0 radical (unpaired) electrons. The van der Waals surface area contributed by atoms with Crippen molar-refractivity contribution >= 4 is 16.1 Å². The lowest BCUT2D eigenvalue weighted by Gasteiger charge is -1.57. The Hall–Kier alpha value is -0.410. The van der Waals surface area contributed by atoms with E-state index in [1.165, 1.54) is 16.7 Å². The van der Waals surface area contributed by atoms with Crippen molar-refractivity contribution < 1.29 is 4.48 Å². The van der Waals surface area contributed by atoms with E-state index in [-0.39, 0.29) is 0 Å². The molecule has 0 saturated heterocycles. The van der Waals surface area contributed by atoms with Crippen LogP contribution in [0.3, 0.4) is 0 Å². The highest BCUT2D eigenvalue weighted by molar-refractivity contribution is 9.07. The zero-order valence-corrected chi connectivity index (χ0v) is 7.07. The molecule has 54 valence electrons. The molecule has 2 aliphatic rings. The van der Waals surface area contributed by atoms with E-state index in [4.69, 9.17) is 0 Å². The van der Waals surface area contributed by atoms with Crippen molar-refractivity contribution in [3.8, 4) is 11.1 Å². The molecule has 0 unspecified atom stereocenters. The SMILES string of the molecule is Cc1c2cccc1-2.FNBr. The highest BCUT2D eigenvalue weighted by Crippen LogP contribution is 2.40. The third-order valence-electron chi connectivity index (χ3n) is 1.56. The Kier molecular flexibility index (Phi) is 2.40. The van der Waals surface area contributed by atoms with E-state index in [9.17, 15) is 4.48 Å². The minimum atomic E-state index is 1.06. The van der Waals surface area contributed by atoms with Crippen LogP contribution in [-0.2, 0) is 0 Å². The fraction of sp³-hybridized carbons (Fsp3) is 0.143. The Morgan fingerprint density at radius 1 is 1.40 bits per heavy atom. The summed E-state index contributed by atoms with van der Waals surface area (Å²) < 4.78 is 11.0.